The fraction of sp³-hybridized carbons (Fsp3) is 1.00. The van der Waals surface area contributed by atoms with Crippen LogP contribution in [0.2, 0.25) is 0 Å². The molecule has 1 fully saturated rings. The van der Waals surface area contributed by atoms with Crippen LogP contribution in [0.4, 0.5) is 0 Å². The van der Waals surface area contributed by atoms with Crippen molar-refractivity contribution in [3.8, 4) is 0 Å². The van der Waals surface area contributed by atoms with Gasteiger partial charge in [-0.05, 0) is 0 Å². The van der Waals surface area contributed by atoms with E-state index in [1.54, 1.807) is 0 Å². The molecule has 0 aliphatic carbocycles. The Morgan fingerprint density at radius 3 is 2.00 bits per heavy atom. The quantitative estimate of drug-likeness (QED) is 0.591. The van der Waals surface area contributed by atoms with Crippen molar-refractivity contribution in [2.24, 2.45) is 0 Å². The zero-order valence-electron chi connectivity index (χ0n) is 5.94. The Labute approximate surface area is 73.2 Å². The monoisotopic (exact) mass is 226 g/mol. The SMILES string of the molecule is OC1COC(CBr)OCC1O. The average molecular weight is 227 g/mol. The standard InChI is InChI=1S/C6H11BrO4/c7-1-6-10-2-4(8)5(9)3-11-6/h4-6,8-9H,1-3H2. The van der Waals surface area contributed by atoms with Crippen molar-refractivity contribution in [1.29, 1.82) is 0 Å². The predicted octanol–water partition coefficient (Wildman–Crippen LogP) is -0.524. The van der Waals surface area contributed by atoms with E-state index in [1.807, 2.05) is 0 Å². The molecule has 66 valence electrons. The molecule has 0 aromatic carbocycles. The molecule has 1 aliphatic heterocycles. The van der Waals surface area contributed by atoms with Gasteiger partial charge in [-0.2, -0.15) is 0 Å². The van der Waals surface area contributed by atoms with E-state index in [0.29, 0.717) is 5.33 Å². The molecule has 2 N–H and O–H groups in total. The van der Waals surface area contributed by atoms with E-state index < -0.39 is 12.2 Å². The number of rotatable bonds is 1. The van der Waals surface area contributed by atoms with E-state index in [0.717, 1.165) is 0 Å². The minimum Gasteiger partial charge on any atom is -0.388 e. The third kappa shape index (κ3) is 2.68. The molecule has 4 nitrogen and oxygen atoms in total. The minimum absolute atomic E-state index is 0.122. The molecule has 0 aromatic heterocycles. The summed E-state index contributed by atoms with van der Waals surface area (Å²) >= 11 is 3.17. The van der Waals surface area contributed by atoms with E-state index in [-0.39, 0.29) is 19.5 Å². The predicted molar refractivity (Wildman–Crippen MR) is 41.5 cm³/mol. The van der Waals surface area contributed by atoms with Crippen LogP contribution in [-0.4, -0.2) is 47.3 Å². The summed E-state index contributed by atoms with van der Waals surface area (Å²) in [6, 6.07) is 0. The number of hydrogen-bond acceptors (Lipinski definition) is 4. The van der Waals surface area contributed by atoms with Crippen LogP contribution in [0.3, 0.4) is 0 Å². The van der Waals surface area contributed by atoms with Crippen molar-refractivity contribution in [2.45, 2.75) is 18.5 Å². The fourth-order valence-corrected chi connectivity index (χ4v) is 1.14. The summed E-state index contributed by atoms with van der Waals surface area (Å²) in [5, 5.41) is 18.7. The van der Waals surface area contributed by atoms with Crippen LogP contribution in [0, 0.1) is 0 Å². The maximum absolute atomic E-state index is 9.10. The van der Waals surface area contributed by atoms with E-state index in [9.17, 15) is 0 Å². The molecule has 0 bridgehead atoms. The summed E-state index contributed by atoms with van der Waals surface area (Å²) in [7, 11) is 0. The second-order valence-corrected chi connectivity index (χ2v) is 3.03. The van der Waals surface area contributed by atoms with Gasteiger partial charge in [-0.25, -0.2) is 0 Å². The zero-order valence-corrected chi connectivity index (χ0v) is 7.53. The Kier molecular flexibility index (Phi) is 3.74. The van der Waals surface area contributed by atoms with Gasteiger partial charge >= 0.3 is 0 Å². The van der Waals surface area contributed by atoms with Crippen molar-refractivity contribution in [3.63, 3.8) is 0 Å². The van der Waals surface area contributed by atoms with Gasteiger partial charge < -0.3 is 19.7 Å². The number of aliphatic hydroxyl groups excluding tert-OH is 2. The maximum atomic E-state index is 9.10. The lowest BCUT2D eigenvalue weighted by Crippen LogP contribution is -2.30. The van der Waals surface area contributed by atoms with Crippen molar-refractivity contribution < 1.29 is 19.7 Å². The van der Waals surface area contributed by atoms with Gasteiger partial charge in [0.05, 0.1) is 18.5 Å². The average Bonchev–Trinajstić information content (AvgIpc) is 2.16. The Balaban J connectivity index is 2.38. The van der Waals surface area contributed by atoms with Gasteiger partial charge in [0.25, 0.3) is 0 Å². The van der Waals surface area contributed by atoms with Gasteiger partial charge in [-0.1, -0.05) is 15.9 Å². The van der Waals surface area contributed by atoms with Crippen LogP contribution in [0.25, 0.3) is 0 Å². The minimum atomic E-state index is -0.834. The topological polar surface area (TPSA) is 58.9 Å². The van der Waals surface area contributed by atoms with Gasteiger partial charge in [0.2, 0.25) is 0 Å². The molecule has 5 heteroatoms. The van der Waals surface area contributed by atoms with Gasteiger partial charge in [0.15, 0.2) is 6.29 Å². The first-order valence-electron chi connectivity index (χ1n) is 3.39. The number of halogens is 1. The molecule has 0 amide bonds. The second-order valence-electron chi connectivity index (χ2n) is 2.39. The fourth-order valence-electron chi connectivity index (χ4n) is 0.771. The Hall–Kier alpha value is 0.320. The molecule has 0 aromatic rings. The van der Waals surface area contributed by atoms with Crippen molar-refractivity contribution >= 4 is 15.9 Å². The van der Waals surface area contributed by atoms with E-state index in [1.165, 1.54) is 0 Å². The molecule has 1 rings (SSSR count). The molecular weight excluding hydrogens is 216 g/mol. The first kappa shape index (κ1) is 9.41. The second kappa shape index (κ2) is 4.37. The highest BCUT2D eigenvalue weighted by Gasteiger charge is 2.24. The summed E-state index contributed by atoms with van der Waals surface area (Å²) in [5.74, 6) is 0. The molecular formula is C6H11BrO4. The first-order valence-corrected chi connectivity index (χ1v) is 4.51. The van der Waals surface area contributed by atoms with Gasteiger partial charge in [-0.15, -0.1) is 0 Å². The molecule has 11 heavy (non-hydrogen) atoms. The lowest BCUT2D eigenvalue weighted by Gasteiger charge is -2.10. The van der Waals surface area contributed by atoms with Crippen LogP contribution in [0.15, 0.2) is 0 Å². The highest BCUT2D eigenvalue weighted by Crippen LogP contribution is 2.08. The lowest BCUT2D eigenvalue weighted by atomic mass is 10.2. The largest absolute Gasteiger partial charge is 0.388 e. The summed E-state index contributed by atoms with van der Waals surface area (Å²) in [5.41, 5.74) is 0. The highest BCUT2D eigenvalue weighted by atomic mass is 79.9. The summed E-state index contributed by atoms with van der Waals surface area (Å²) < 4.78 is 10.1. The third-order valence-electron chi connectivity index (χ3n) is 1.48. The molecule has 1 saturated heterocycles. The lowest BCUT2D eigenvalue weighted by molar-refractivity contribution is -0.117. The number of aliphatic hydroxyl groups is 2. The number of ether oxygens (including phenoxy) is 2. The van der Waals surface area contributed by atoms with E-state index in [2.05, 4.69) is 15.9 Å². The molecule has 1 aliphatic rings. The van der Waals surface area contributed by atoms with Crippen LogP contribution in [-0.2, 0) is 9.47 Å². The van der Waals surface area contributed by atoms with Crippen LogP contribution < -0.4 is 0 Å². The molecule has 0 saturated carbocycles. The zero-order chi connectivity index (χ0) is 8.27. The highest BCUT2D eigenvalue weighted by molar-refractivity contribution is 9.09. The van der Waals surface area contributed by atoms with E-state index >= 15 is 0 Å². The summed E-state index contributed by atoms with van der Waals surface area (Å²) in [6.45, 7) is 0.245. The van der Waals surface area contributed by atoms with Crippen LogP contribution >= 0.6 is 15.9 Å². The molecule has 1 heterocycles. The normalized spacial score (nSPS) is 40.1. The summed E-state index contributed by atoms with van der Waals surface area (Å²) in [4.78, 5) is 0. The Morgan fingerprint density at radius 1 is 1.18 bits per heavy atom. The van der Waals surface area contributed by atoms with Crippen molar-refractivity contribution in [2.75, 3.05) is 18.5 Å². The molecule has 2 atom stereocenters. The smallest absolute Gasteiger partial charge is 0.167 e. The number of alkyl halides is 1. The third-order valence-corrected chi connectivity index (χ3v) is 2.00. The Morgan fingerprint density at radius 2 is 1.64 bits per heavy atom. The van der Waals surface area contributed by atoms with Crippen LogP contribution in [0.1, 0.15) is 0 Å². The van der Waals surface area contributed by atoms with Crippen molar-refractivity contribution in [3.05, 3.63) is 0 Å². The Bertz CT molecular complexity index is 109. The first-order chi connectivity index (χ1) is 5.24. The molecule has 0 radical (unpaired) electrons. The van der Waals surface area contributed by atoms with E-state index in [4.69, 9.17) is 19.7 Å². The number of hydrogen-bond donors (Lipinski definition) is 2. The molecule has 2 unspecified atom stereocenters. The van der Waals surface area contributed by atoms with Gasteiger partial charge in [0.1, 0.15) is 12.2 Å². The molecule has 0 spiro atoms. The van der Waals surface area contributed by atoms with Gasteiger partial charge in [0, 0.05) is 0 Å². The van der Waals surface area contributed by atoms with Gasteiger partial charge in [-0.3, -0.25) is 0 Å². The van der Waals surface area contributed by atoms with Crippen LogP contribution in [0.5, 0.6) is 0 Å². The summed E-state index contributed by atoms with van der Waals surface area (Å²) in [6.07, 6.45) is -2.03. The van der Waals surface area contributed by atoms with Crippen molar-refractivity contribution in [1.82, 2.24) is 0 Å². The maximum Gasteiger partial charge on any atom is 0.167 e.